The fourth-order valence-corrected chi connectivity index (χ4v) is 2.11. The van der Waals surface area contributed by atoms with Gasteiger partial charge in [0.05, 0.1) is 0 Å². The molecule has 166 valence electrons. The van der Waals surface area contributed by atoms with Crippen LogP contribution in [-0.2, 0) is 9.53 Å². The molecule has 1 aromatic rings. The summed E-state index contributed by atoms with van der Waals surface area (Å²) in [4.78, 5) is 11.6. The molecule has 0 spiro atoms. The van der Waals surface area contributed by atoms with Crippen molar-refractivity contribution in [2.75, 3.05) is 0 Å². The molecule has 29 heavy (non-hydrogen) atoms. The average molecular weight is 448 g/mol. The molecule has 0 unspecified atom stereocenters. The second-order valence-electron chi connectivity index (χ2n) is 5.90. The Balaban J connectivity index is 3.41. The Morgan fingerprint density at radius 1 is 0.759 bits per heavy atom. The molecular weight excluding hydrogens is 437 g/mol. The van der Waals surface area contributed by atoms with Crippen molar-refractivity contribution in [2.45, 2.75) is 51.0 Å². The minimum absolute atomic E-state index is 0.0900. The molecule has 0 bridgehead atoms. The lowest BCUT2D eigenvalue weighted by molar-refractivity contribution is -0.474. The van der Waals surface area contributed by atoms with Crippen molar-refractivity contribution in [2.24, 2.45) is 0 Å². The number of carbonyl (C=O) groups is 1. The van der Waals surface area contributed by atoms with Crippen LogP contribution in [0.25, 0.3) is 0 Å². The fraction of sp³-hybridized carbons (Fsp3) is 0.533. The van der Waals surface area contributed by atoms with E-state index in [1.54, 1.807) is 0 Å². The van der Waals surface area contributed by atoms with Crippen LogP contribution in [0.15, 0.2) is 12.1 Å². The van der Waals surface area contributed by atoms with Gasteiger partial charge in [0.2, 0.25) is 0 Å². The van der Waals surface area contributed by atoms with Crippen LogP contribution in [0.1, 0.15) is 16.7 Å². The van der Waals surface area contributed by atoms with E-state index in [1.165, 1.54) is 19.1 Å². The Morgan fingerprint density at radius 3 is 1.52 bits per heavy atom. The smallest absolute Gasteiger partial charge is 0.421 e. The Bertz CT molecular complexity index is 760. The van der Waals surface area contributed by atoms with Crippen LogP contribution in [0.2, 0.25) is 0 Å². The first-order chi connectivity index (χ1) is 12.7. The van der Waals surface area contributed by atoms with Gasteiger partial charge in [0, 0.05) is 0 Å². The summed E-state index contributed by atoms with van der Waals surface area (Å²) in [5.74, 6) is -17.7. The predicted octanol–water partition coefficient (Wildman–Crippen LogP) is 5.55. The molecule has 3 nitrogen and oxygen atoms in total. The highest BCUT2D eigenvalue weighted by Gasteiger charge is 2.80. The zero-order valence-corrected chi connectivity index (χ0v) is 14.5. The molecule has 0 amide bonds. The minimum Gasteiger partial charge on any atom is -0.421 e. The number of hydrogen-bond acceptors (Lipinski definition) is 3. The van der Waals surface area contributed by atoms with Crippen molar-refractivity contribution in [3.63, 3.8) is 0 Å². The van der Waals surface area contributed by atoms with Gasteiger partial charge in [-0.2, -0.15) is 48.3 Å². The standard InChI is InChI=1S/C15H11F11O3/c1-6-4-7(2)9(8(3)5-6)28-10(27)11(16,13(19,20)21)29-15(25,26)12(17,18)14(22,23)24/h4-5H,1-3H3/t11-/m1/s1. The molecule has 0 saturated carbocycles. The third-order valence-electron chi connectivity index (χ3n) is 3.42. The third-order valence-corrected chi connectivity index (χ3v) is 3.42. The summed E-state index contributed by atoms with van der Waals surface area (Å²) in [5, 5.41) is 0. The van der Waals surface area contributed by atoms with E-state index >= 15 is 0 Å². The van der Waals surface area contributed by atoms with Crippen molar-refractivity contribution < 1.29 is 62.6 Å². The zero-order valence-electron chi connectivity index (χ0n) is 14.5. The van der Waals surface area contributed by atoms with Crippen molar-refractivity contribution in [3.05, 3.63) is 28.8 Å². The quantitative estimate of drug-likeness (QED) is 0.337. The Hall–Kier alpha value is -2.12. The summed E-state index contributed by atoms with van der Waals surface area (Å²) >= 11 is 0. The molecule has 0 fully saturated rings. The van der Waals surface area contributed by atoms with Crippen LogP contribution in [0, 0.1) is 20.8 Å². The summed E-state index contributed by atoms with van der Waals surface area (Å²) in [7, 11) is 0. The maximum absolute atomic E-state index is 14.1. The number of alkyl halides is 11. The molecular formula is C15H11F11O3. The lowest BCUT2D eigenvalue weighted by Crippen LogP contribution is -2.62. The maximum Gasteiger partial charge on any atom is 0.462 e. The number of esters is 1. The van der Waals surface area contributed by atoms with Crippen LogP contribution in [0.4, 0.5) is 48.3 Å². The molecule has 0 aliphatic carbocycles. The number of carbonyl (C=O) groups excluding carboxylic acids is 1. The lowest BCUT2D eigenvalue weighted by atomic mass is 10.1. The van der Waals surface area contributed by atoms with E-state index in [4.69, 9.17) is 0 Å². The van der Waals surface area contributed by atoms with E-state index in [9.17, 15) is 53.1 Å². The highest BCUT2D eigenvalue weighted by atomic mass is 19.4. The molecule has 0 radical (unpaired) electrons. The first kappa shape index (κ1) is 24.9. The average Bonchev–Trinajstić information content (AvgIpc) is 2.47. The Morgan fingerprint density at radius 2 is 1.17 bits per heavy atom. The number of aryl methyl sites for hydroxylation is 3. The molecule has 0 N–H and O–H groups in total. The van der Waals surface area contributed by atoms with Gasteiger partial charge in [-0.25, -0.2) is 4.79 Å². The van der Waals surface area contributed by atoms with Crippen LogP contribution < -0.4 is 4.74 Å². The summed E-state index contributed by atoms with van der Waals surface area (Å²) in [6, 6.07) is 2.44. The topological polar surface area (TPSA) is 35.5 Å². The van der Waals surface area contributed by atoms with Crippen LogP contribution in [0.3, 0.4) is 0 Å². The van der Waals surface area contributed by atoms with E-state index in [-0.39, 0.29) is 11.1 Å². The van der Waals surface area contributed by atoms with Gasteiger partial charge in [-0.05, 0) is 31.9 Å². The highest BCUT2D eigenvalue weighted by Crippen LogP contribution is 2.51. The van der Waals surface area contributed by atoms with Gasteiger partial charge >= 0.3 is 36.2 Å². The molecule has 14 heteroatoms. The van der Waals surface area contributed by atoms with Gasteiger partial charge in [0.25, 0.3) is 0 Å². The summed E-state index contributed by atoms with van der Waals surface area (Å²) in [6.07, 6.45) is -21.1. The van der Waals surface area contributed by atoms with E-state index in [0.29, 0.717) is 5.56 Å². The number of rotatable bonds is 5. The van der Waals surface area contributed by atoms with E-state index in [2.05, 4.69) is 9.47 Å². The minimum atomic E-state index is -7.27. The first-order valence-corrected chi connectivity index (χ1v) is 7.25. The molecule has 0 heterocycles. The Kier molecular flexibility index (Phi) is 6.26. The zero-order chi connectivity index (χ0) is 23.2. The Labute approximate surface area is 155 Å². The van der Waals surface area contributed by atoms with E-state index in [0.717, 1.165) is 13.8 Å². The van der Waals surface area contributed by atoms with E-state index < -0.39 is 42.0 Å². The second kappa shape index (κ2) is 7.29. The summed E-state index contributed by atoms with van der Waals surface area (Å²) in [6.45, 7) is 3.82. The maximum atomic E-state index is 14.1. The molecule has 0 aliphatic rings. The SMILES string of the molecule is Cc1cc(C)c(OC(=O)[C@@](F)(OC(F)(F)C(F)(F)C(F)(F)F)C(F)(F)F)c(C)c1. The highest BCUT2D eigenvalue weighted by molar-refractivity contribution is 5.81. The summed E-state index contributed by atoms with van der Waals surface area (Å²) in [5.41, 5.74) is 0.315. The van der Waals surface area contributed by atoms with E-state index in [1.807, 2.05) is 0 Å². The molecule has 1 atom stereocenters. The lowest BCUT2D eigenvalue weighted by Gasteiger charge is -2.33. The van der Waals surface area contributed by atoms with Gasteiger partial charge in [0.1, 0.15) is 5.75 Å². The normalized spacial score (nSPS) is 15.8. The first-order valence-electron chi connectivity index (χ1n) is 7.25. The van der Waals surface area contributed by atoms with Gasteiger partial charge in [-0.3, -0.25) is 4.74 Å². The fourth-order valence-electron chi connectivity index (χ4n) is 2.11. The van der Waals surface area contributed by atoms with Crippen LogP contribution in [0.5, 0.6) is 5.75 Å². The molecule has 0 saturated heterocycles. The van der Waals surface area contributed by atoms with Gasteiger partial charge in [-0.15, -0.1) is 0 Å². The second-order valence-corrected chi connectivity index (χ2v) is 5.90. The van der Waals surface area contributed by atoms with Gasteiger partial charge in [-0.1, -0.05) is 17.7 Å². The molecule has 0 aliphatic heterocycles. The van der Waals surface area contributed by atoms with Gasteiger partial charge in [0.15, 0.2) is 0 Å². The van der Waals surface area contributed by atoms with Gasteiger partial charge < -0.3 is 4.74 Å². The van der Waals surface area contributed by atoms with Crippen molar-refractivity contribution >= 4 is 5.97 Å². The van der Waals surface area contributed by atoms with Crippen molar-refractivity contribution in [3.8, 4) is 5.75 Å². The number of hydrogen-bond donors (Lipinski definition) is 0. The number of ether oxygens (including phenoxy) is 2. The largest absolute Gasteiger partial charge is 0.462 e. The van der Waals surface area contributed by atoms with Crippen LogP contribution >= 0.6 is 0 Å². The number of benzene rings is 1. The van der Waals surface area contributed by atoms with Crippen LogP contribution in [-0.4, -0.2) is 36.2 Å². The number of halogens is 11. The van der Waals surface area contributed by atoms with Crippen molar-refractivity contribution in [1.29, 1.82) is 0 Å². The predicted molar refractivity (Wildman–Crippen MR) is 73.2 cm³/mol. The third kappa shape index (κ3) is 4.56. The summed E-state index contributed by atoms with van der Waals surface area (Å²) < 4.78 is 147. The molecule has 1 rings (SSSR count). The molecule has 0 aromatic heterocycles. The molecule has 1 aromatic carbocycles. The van der Waals surface area contributed by atoms with Crippen molar-refractivity contribution in [1.82, 2.24) is 0 Å². The monoisotopic (exact) mass is 448 g/mol.